The topological polar surface area (TPSA) is 78.8 Å². The summed E-state index contributed by atoms with van der Waals surface area (Å²) < 4.78 is 1.67. The van der Waals surface area contributed by atoms with Crippen LogP contribution in [0.3, 0.4) is 0 Å². The third kappa shape index (κ3) is 4.84. The number of carbonyl (C=O) groups is 3. The monoisotopic (exact) mass is 437 g/mol. The normalized spacial score (nSPS) is 15.8. The first-order chi connectivity index (χ1) is 15.5. The van der Waals surface area contributed by atoms with E-state index in [1.165, 1.54) is 0 Å². The molecule has 170 valence electrons. The number of fused-ring (bicyclic) bond motifs is 1. The van der Waals surface area contributed by atoms with Crippen molar-refractivity contribution < 1.29 is 14.4 Å². The minimum Gasteiger partial charge on any atom is -0.346 e. The van der Waals surface area contributed by atoms with Gasteiger partial charge in [0.25, 0.3) is 11.8 Å². The number of carbonyl (C=O) groups excluding carboxylic acids is 3. The molecule has 4 rings (SSSR count). The lowest BCUT2D eigenvalue weighted by Crippen LogP contribution is -2.37. The Morgan fingerprint density at radius 1 is 1.16 bits per heavy atom. The lowest BCUT2D eigenvalue weighted by Gasteiger charge is -2.23. The molecule has 0 atom stereocenters. The largest absolute Gasteiger partial charge is 0.346 e. The van der Waals surface area contributed by atoms with Crippen molar-refractivity contribution in [3.8, 4) is 0 Å². The highest BCUT2D eigenvalue weighted by Crippen LogP contribution is 2.29. The number of rotatable bonds is 8. The summed E-state index contributed by atoms with van der Waals surface area (Å²) in [6, 6.07) is 11.7. The first kappa shape index (κ1) is 22.0. The number of nitrogens with zero attached hydrogens (tertiary/aromatic N) is 5. The van der Waals surface area contributed by atoms with Crippen molar-refractivity contribution in [2.45, 2.75) is 51.7 Å². The summed E-state index contributed by atoms with van der Waals surface area (Å²) in [4.78, 5) is 43.9. The Hall–Kier alpha value is -3.16. The van der Waals surface area contributed by atoms with Crippen LogP contribution in [0, 0.1) is 0 Å². The molecule has 0 N–H and O–H groups in total. The maximum Gasteiger partial charge on any atom is 0.274 e. The van der Waals surface area contributed by atoms with E-state index in [2.05, 4.69) is 5.10 Å². The molecule has 0 spiro atoms. The maximum atomic E-state index is 13.3. The Bertz CT molecular complexity index is 983. The van der Waals surface area contributed by atoms with Gasteiger partial charge >= 0.3 is 0 Å². The molecule has 3 amide bonds. The summed E-state index contributed by atoms with van der Waals surface area (Å²) in [5, 5.41) is 4.49. The molecule has 1 saturated carbocycles. The van der Waals surface area contributed by atoms with Crippen LogP contribution in [-0.2, 0) is 17.9 Å². The molecule has 0 radical (unpaired) electrons. The molecule has 8 nitrogen and oxygen atoms in total. The maximum absolute atomic E-state index is 13.3. The average Bonchev–Trinajstić information content (AvgIpc) is 3.58. The van der Waals surface area contributed by atoms with Gasteiger partial charge in [-0.05, 0) is 31.7 Å². The van der Waals surface area contributed by atoms with E-state index in [0.717, 1.165) is 24.8 Å². The first-order valence-electron chi connectivity index (χ1n) is 11.4. The van der Waals surface area contributed by atoms with Gasteiger partial charge in [-0.25, -0.2) is 0 Å². The molecule has 0 bridgehead atoms. The van der Waals surface area contributed by atoms with Crippen LogP contribution in [0.15, 0.2) is 36.4 Å². The van der Waals surface area contributed by atoms with Crippen molar-refractivity contribution in [3.63, 3.8) is 0 Å². The van der Waals surface area contributed by atoms with Crippen molar-refractivity contribution in [1.29, 1.82) is 0 Å². The van der Waals surface area contributed by atoms with Crippen LogP contribution >= 0.6 is 0 Å². The van der Waals surface area contributed by atoms with Crippen LogP contribution in [0.1, 0.15) is 59.1 Å². The number of aromatic nitrogens is 2. The third-order valence-electron chi connectivity index (χ3n) is 6.23. The van der Waals surface area contributed by atoms with Crippen molar-refractivity contribution in [2.24, 2.45) is 0 Å². The zero-order valence-corrected chi connectivity index (χ0v) is 18.9. The molecular weight excluding hydrogens is 406 g/mol. The van der Waals surface area contributed by atoms with Gasteiger partial charge in [0.1, 0.15) is 5.69 Å². The number of benzene rings is 1. The Balaban J connectivity index is 1.49. The number of amides is 3. The van der Waals surface area contributed by atoms with E-state index >= 15 is 0 Å². The van der Waals surface area contributed by atoms with Gasteiger partial charge in [-0.15, -0.1) is 0 Å². The predicted octanol–water partition coefficient (Wildman–Crippen LogP) is 2.40. The lowest BCUT2D eigenvalue weighted by molar-refractivity contribution is -0.129. The second kappa shape index (κ2) is 9.54. The minimum absolute atomic E-state index is 0.0262. The van der Waals surface area contributed by atoms with Crippen molar-refractivity contribution >= 4 is 17.7 Å². The SMILES string of the molecule is CCN(C)C(=O)CCN(C(=O)c1cc2n(n1)CCCN(Cc1ccccc1)C2=O)C1CC1. The van der Waals surface area contributed by atoms with Crippen molar-refractivity contribution in [3.05, 3.63) is 53.3 Å². The predicted molar refractivity (Wildman–Crippen MR) is 120 cm³/mol. The summed E-state index contributed by atoms with van der Waals surface area (Å²) in [6.45, 7) is 4.74. The van der Waals surface area contributed by atoms with E-state index in [-0.39, 0.29) is 29.5 Å². The van der Waals surface area contributed by atoms with Gasteiger partial charge in [0, 0.05) is 58.3 Å². The molecule has 32 heavy (non-hydrogen) atoms. The van der Waals surface area contributed by atoms with Crippen LogP contribution in [0.2, 0.25) is 0 Å². The van der Waals surface area contributed by atoms with Gasteiger partial charge < -0.3 is 14.7 Å². The molecule has 2 heterocycles. The Kier molecular flexibility index (Phi) is 6.58. The van der Waals surface area contributed by atoms with Crippen molar-refractivity contribution in [1.82, 2.24) is 24.5 Å². The highest BCUT2D eigenvalue weighted by atomic mass is 16.2. The van der Waals surface area contributed by atoms with E-state index in [0.29, 0.717) is 44.8 Å². The summed E-state index contributed by atoms with van der Waals surface area (Å²) in [6.07, 6.45) is 2.97. The molecule has 1 aliphatic heterocycles. The average molecular weight is 438 g/mol. The smallest absolute Gasteiger partial charge is 0.274 e. The first-order valence-corrected chi connectivity index (χ1v) is 11.4. The third-order valence-corrected chi connectivity index (χ3v) is 6.23. The second-order valence-corrected chi connectivity index (χ2v) is 8.59. The fraction of sp³-hybridized carbons (Fsp3) is 0.500. The molecule has 2 aromatic rings. The van der Waals surface area contributed by atoms with E-state index in [4.69, 9.17) is 0 Å². The van der Waals surface area contributed by atoms with Crippen LogP contribution in [0.5, 0.6) is 0 Å². The van der Waals surface area contributed by atoms with Gasteiger partial charge in [-0.1, -0.05) is 30.3 Å². The molecule has 1 aromatic carbocycles. The van der Waals surface area contributed by atoms with Gasteiger partial charge in [0.15, 0.2) is 5.69 Å². The molecule has 1 aliphatic carbocycles. The van der Waals surface area contributed by atoms with Crippen LogP contribution < -0.4 is 0 Å². The van der Waals surface area contributed by atoms with E-state index < -0.39 is 0 Å². The highest BCUT2D eigenvalue weighted by Gasteiger charge is 2.35. The zero-order chi connectivity index (χ0) is 22.7. The van der Waals surface area contributed by atoms with Gasteiger partial charge in [-0.2, -0.15) is 5.10 Å². The fourth-order valence-electron chi connectivity index (χ4n) is 4.06. The molecule has 1 aromatic heterocycles. The van der Waals surface area contributed by atoms with Crippen LogP contribution in [-0.4, -0.2) is 74.9 Å². The molecule has 1 fully saturated rings. The molecule has 8 heteroatoms. The summed E-state index contributed by atoms with van der Waals surface area (Å²) >= 11 is 0. The molecular formula is C24H31N5O3. The van der Waals surface area contributed by atoms with E-state index in [1.54, 1.807) is 27.6 Å². The molecule has 2 aliphatic rings. The molecule has 0 saturated heterocycles. The van der Waals surface area contributed by atoms with Gasteiger partial charge in [0.2, 0.25) is 5.91 Å². The van der Waals surface area contributed by atoms with Gasteiger partial charge in [0.05, 0.1) is 0 Å². The summed E-state index contributed by atoms with van der Waals surface area (Å²) in [5.41, 5.74) is 1.82. The minimum atomic E-state index is -0.192. The van der Waals surface area contributed by atoms with Crippen molar-refractivity contribution in [2.75, 3.05) is 26.7 Å². The Morgan fingerprint density at radius 2 is 1.91 bits per heavy atom. The highest BCUT2D eigenvalue weighted by molar-refractivity contribution is 5.98. The second-order valence-electron chi connectivity index (χ2n) is 8.59. The molecule has 0 unspecified atom stereocenters. The van der Waals surface area contributed by atoms with Crippen LogP contribution in [0.4, 0.5) is 0 Å². The van der Waals surface area contributed by atoms with Crippen LogP contribution in [0.25, 0.3) is 0 Å². The number of hydrogen-bond donors (Lipinski definition) is 0. The Morgan fingerprint density at radius 3 is 2.59 bits per heavy atom. The van der Waals surface area contributed by atoms with E-state index in [9.17, 15) is 14.4 Å². The quantitative estimate of drug-likeness (QED) is 0.635. The van der Waals surface area contributed by atoms with E-state index in [1.807, 2.05) is 42.2 Å². The fourth-order valence-corrected chi connectivity index (χ4v) is 4.06. The Labute approximate surface area is 188 Å². The number of hydrogen-bond acceptors (Lipinski definition) is 4. The zero-order valence-electron chi connectivity index (χ0n) is 18.9. The van der Waals surface area contributed by atoms with Gasteiger partial charge in [-0.3, -0.25) is 19.1 Å². The summed E-state index contributed by atoms with van der Waals surface area (Å²) in [7, 11) is 1.77. The summed E-state index contributed by atoms with van der Waals surface area (Å²) in [5.74, 6) is -0.267. The standard InChI is InChI=1S/C24H31N5O3/c1-3-26(2)22(30)12-15-28(19-10-11-19)23(31)20-16-21-24(32)27(13-7-14-29(21)25-20)17-18-8-5-4-6-9-18/h4-6,8-9,16,19H,3,7,10-15,17H2,1-2H3. The lowest BCUT2D eigenvalue weighted by atomic mass is 10.2. The number of aryl methyl sites for hydroxylation is 1.